The topological polar surface area (TPSA) is 78.1 Å². The molecule has 0 aliphatic rings. The predicted molar refractivity (Wildman–Crippen MR) is 616 cm³/mol. The molecule has 0 fully saturated rings. The van der Waals surface area contributed by atoms with E-state index in [1.165, 1.54) is 165 Å². The van der Waals surface area contributed by atoms with Gasteiger partial charge in [-0.3, -0.25) is 0 Å². The van der Waals surface area contributed by atoms with E-state index < -0.39 is 0 Å². The molecule has 0 spiro atoms. The third-order valence-electron chi connectivity index (χ3n) is 29.9. The Labute approximate surface area is 838 Å². The summed E-state index contributed by atoms with van der Waals surface area (Å²) >= 11 is 3.72. The van der Waals surface area contributed by atoms with Crippen LogP contribution in [0.15, 0.2) is 492 Å². The van der Waals surface area contributed by atoms with E-state index in [1.807, 2.05) is 34.8 Å². The zero-order chi connectivity index (χ0) is 95.0. The molecular weight excluding hydrogens is 1800 g/mol. The van der Waals surface area contributed by atoms with Gasteiger partial charge in [0.15, 0.2) is 0 Å². The number of para-hydroxylation sites is 2. The lowest BCUT2D eigenvalue weighted by Crippen LogP contribution is -1.93. The normalized spacial score (nSPS) is 12.0. The van der Waals surface area contributed by atoms with Gasteiger partial charge in [0.25, 0.3) is 0 Å². The van der Waals surface area contributed by atoms with Crippen LogP contribution in [0, 0.1) is 0 Å². The van der Waals surface area contributed by atoms with Crippen molar-refractivity contribution in [1.82, 2.24) is 15.0 Å². The van der Waals surface area contributed by atoms with Crippen molar-refractivity contribution >= 4 is 248 Å². The minimum Gasteiger partial charge on any atom is -0.456 e. The summed E-state index contributed by atoms with van der Waals surface area (Å²) < 4.78 is 24.6. The Kier molecular flexibility index (Phi) is 18.8. The van der Waals surface area contributed by atoms with E-state index in [9.17, 15) is 0 Å². The summed E-state index contributed by atoms with van der Waals surface area (Å²) in [6, 6.07) is 172. The zero-order valence-electron chi connectivity index (χ0n) is 78.0. The van der Waals surface area contributed by atoms with E-state index in [1.54, 1.807) is 0 Å². The minimum atomic E-state index is 0.852. The minimum absolute atomic E-state index is 0.852. The summed E-state index contributed by atoms with van der Waals surface area (Å²) in [7, 11) is 0. The molecule has 0 saturated carbocycles. The molecule has 672 valence electrons. The highest BCUT2D eigenvalue weighted by Gasteiger charge is 2.27. The van der Waals surface area contributed by atoms with Crippen LogP contribution in [0.4, 0.5) is 0 Å². The average molecular weight is 1880 g/mol. The molecule has 8 heterocycles. The second kappa shape index (κ2) is 33.0. The van der Waals surface area contributed by atoms with Gasteiger partial charge in [0.05, 0.1) is 44.4 Å². The first-order valence-electron chi connectivity index (χ1n) is 49.3. The third kappa shape index (κ3) is 13.4. The summed E-state index contributed by atoms with van der Waals surface area (Å²) in [5, 5.41) is 34.6. The molecule has 0 aliphatic heterocycles. The molecule has 32 aromatic rings. The molecule has 0 atom stereocenters. The van der Waals surface area contributed by atoms with Crippen LogP contribution in [0.25, 0.3) is 314 Å². The molecule has 0 radical (unpaired) electrons. The van der Waals surface area contributed by atoms with Gasteiger partial charge < -0.3 is 13.3 Å². The van der Waals surface area contributed by atoms with E-state index in [4.69, 9.17) is 28.2 Å². The van der Waals surface area contributed by atoms with Crippen molar-refractivity contribution in [2.45, 2.75) is 0 Å². The van der Waals surface area contributed by atoms with Gasteiger partial charge in [0.1, 0.15) is 33.5 Å². The van der Waals surface area contributed by atoms with Crippen LogP contribution >= 0.6 is 22.7 Å². The SMILES string of the molecule is c1ccc2c(-c3cc(-c4c5ccccc5cc5ccccc45)nc4c3ccc3oc5ccc6ccccc6c5c34)cccc2c1.c1ccc2cc(-c3cc(-c4ccc(-c5cccc6c5oc5ccccc56)cc4)nc4c3ccc3sc5ccc6ccccc6c5c34)ccc2c1.c1ccc2cc(-c3cc(-c4ccc(-c5cccc6c5sc5ccccc56)cc4)nc4c3ccc3oc5ccc6ccccc6c5c34)ccc2c1. The maximum Gasteiger partial charge on any atom is 0.143 e. The standard InChI is InChI=1S/2C47H27NOS.C43H25NO/c1-2-10-32-26-33(21-16-28(32)8-1)39-27-40(31-19-17-30(18-20-31)35-13-7-14-38-36-12-5-6-15-43(36)50-47(35)38)48-46-37(39)23-25-42-45(46)44-34-11-4-3-9-29(34)22-24-41(44)49-42;1-2-10-32-26-33(21-16-28(32)8-1)39-27-40(31-19-17-30(18-20-31)35-13-7-14-38-36-12-5-6-15-41(36)49-47(35)38)48-46-37(39)23-25-43-45(46)44-34-11-4-3-9-29(34)22-24-42(44)50-43;1-5-15-30-26(10-1)14-9-19-34(30)36-25-37(40-32-17-7-3-12-28(32)24-29-13-4-8-18-33(29)40)44-43-35(36)21-23-39-42(43)41-31-16-6-2-11-27(31)20-22-38(41)45-39/h2*1-27H;1-25H. The average Bonchev–Trinajstić information content (AvgIpc) is 1.65. The molecule has 145 heavy (non-hydrogen) atoms. The van der Waals surface area contributed by atoms with E-state index in [0.717, 1.165) is 149 Å². The number of thiophene rings is 2. The Morgan fingerprint density at radius 3 is 1.12 bits per heavy atom. The Morgan fingerprint density at radius 2 is 0.531 bits per heavy atom. The molecular formula is C137H79N3O3S2. The van der Waals surface area contributed by atoms with Gasteiger partial charge in [-0.05, 0) is 233 Å². The molecule has 6 nitrogen and oxygen atoms in total. The number of furan rings is 3. The van der Waals surface area contributed by atoms with Crippen LogP contribution in [-0.2, 0) is 0 Å². The van der Waals surface area contributed by atoms with Crippen molar-refractivity contribution in [3.05, 3.63) is 479 Å². The van der Waals surface area contributed by atoms with Crippen LogP contribution < -0.4 is 0 Å². The molecule has 0 N–H and O–H groups in total. The molecule has 0 aliphatic carbocycles. The monoisotopic (exact) mass is 1880 g/mol. The van der Waals surface area contributed by atoms with E-state index in [0.29, 0.717) is 0 Å². The van der Waals surface area contributed by atoms with Crippen molar-refractivity contribution in [1.29, 1.82) is 0 Å². The number of hydrogen-bond donors (Lipinski definition) is 0. The zero-order valence-corrected chi connectivity index (χ0v) is 79.6. The first-order chi connectivity index (χ1) is 71.8. The van der Waals surface area contributed by atoms with Crippen molar-refractivity contribution < 1.29 is 13.3 Å². The highest BCUT2D eigenvalue weighted by molar-refractivity contribution is 7.26. The van der Waals surface area contributed by atoms with E-state index in [2.05, 4.69) is 467 Å². The second-order valence-corrected chi connectivity index (χ2v) is 40.2. The Bertz CT molecular complexity index is 10600. The first kappa shape index (κ1) is 82.3. The number of rotatable bonds is 8. The highest BCUT2D eigenvalue weighted by Crippen LogP contribution is 2.52. The lowest BCUT2D eigenvalue weighted by molar-refractivity contribution is 0.669. The molecule has 32 rings (SSSR count). The van der Waals surface area contributed by atoms with Crippen LogP contribution in [0.2, 0.25) is 0 Å². The highest BCUT2D eigenvalue weighted by atomic mass is 32.1. The Morgan fingerprint density at radius 1 is 0.159 bits per heavy atom. The Hall–Kier alpha value is -18.6. The van der Waals surface area contributed by atoms with Gasteiger partial charge >= 0.3 is 0 Å². The van der Waals surface area contributed by atoms with Gasteiger partial charge in [-0.1, -0.05) is 382 Å². The molecule has 24 aromatic carbocycles. The smallest absolute Gasteiger partial charge is 0.143 e. The van der Waals surface area contributed by atoms with Crippen molar-refractivity contribution in [3.63, 3.8) is 0 Å². The molecule has 0 bridgehead atoms. The second-order valence-electron chi connectivity index (χ2n) is 38.0. The summed E-state index contributed by atoms with van der Waals surface area (Å²) in [4.78, 5) is 16.6. The van der Waals surface area contributed by atoms with Crippen LogP contribution in [0.3, 0.4) is 0 Å². The van der Waals surface area contributed by atoms with E-state index >= 15 is 0 Å². The summed E-state index contributed by atoms with van der Waals surface area (Å²) in [6.07, 6.45) is 0. The van der Waals surface area contributed by atoms with Crippen molar-refractivity contribution in [2.75, 3.05) is 0 Å². The van der Waals surface area contributed by atoms with Gasteiger partial charge in [-0.15, -0.1) is 22.7 Å². The number of aromatic nitrogens is 3. The van der Waals surface area contributed by atoms with E-state index in [-0.39, 0.29) is 0 Å². The molecule has 8 aromatic heterocycles. The van der Waals surface area contributed by atoms with Gasteiger partial charge in [0.2, 0.25) is 0 Å². The van der Waals surface area contributed by atoms with Gasteiger partial charge in [0, 0.05) is 100 Å². The fraction of sp³-hybridized carbons (Fsp3) is 0. The van der Waals surface area contributed by atoms with Gasteiger partial charge in [-0.2, -0.15) is 0 Å². The third-order valence-corrected chi connectivity index (χ3v) is 32.3. The first-order valence-corrected chi connectivity index (χ1v) is 50.9. The number of benzene rings is 24. The Balaban J connectivity index is 0.000000101. The van der Waals surface area contributed by atoms with Crippen LogP contribution in [-0.4, -0.2) is 15.0 Å². The fourth-order valence-electron chi connectivity index (χ4n) is 23.1. The lowest BCUT2D eigenvalue weighted by Gasteiger charge is -2.16. The molecule has 0 unspecified atom stereocenters. The van der Waals surface area contributed by atoms with Crippen molar-refractivity contribution in [3.8, 4) is 89.4 Å². The molecule has 0 saturated heterocycles. The quantitative estimate of drug-likeness (QED) is 0.141. The fourth-order valence-corrected chi connectivity index (χ4v) is 25.5. The summed E-state index contributed by atoms with van der Waals surface area (Å²) in [6.45, 7) is 0. The number of nitrogens with zero attached hydrogens (tertiary/aromatic N) is 3. The van der Waals surface area contributed by atoms with Crippen LogP contribution in [0.5, 0.6) is 0 Å². The lowest BCUT2D eigenvalue weighted by atomic mass is 9.90. The number of hydrogen-bond acceptors (Lipinski definition) is 8. The summed E-state index contributed by atoms with van der Waals surface area (Å²) in [5.74, 6) is 0. The number of fused-ring (bicyclic) bond motifs is 32. The predicted octanol–water partition coefficient (Wildman–Crippen LogP) is 39.7. The molecule has 0 amide bonds. The number of pyridine rings is 3. The maximum absolute atomic E-state index is 6.53. The van der Waals surface area contributed by atoms with Gasteiger partial charge in [-0.25, -0.2) is 15.0 Å². The van der Waals surface area contributed by atoms with Crippen molar-refractivity contribution in [2.24, 2.45) is 0 Å². The largest absolute Gasteiger partial charge is 0.456 e. The maximum atomic E-state index is 6.53. The summed E-state index contributed by atoms with van der Waals surface area (Å²) in [5.41, 5.74) is 26.2. The molecule has 8 heteroatoms. The van der Waals surface area contributed by atoms with Crippen LogP contribution in [0.1, 0.15) is 0 Å².